The third kappa shape index (κ3) is 13.5. The molecule has 0 saturated heterocycles. The molecular weight excluding hydrogens is 473 g/mol. The van der Waals surface area contributed by atoms with Crippen molar-refractivity contribution >= 4 is 30.4 Å². The topological polar surface area (TPSA) is 64.6 Å². The monoisotopic (exact) mass is 521 g/mol. The first-order valence-electron chi connectivity index (χ1n) is 11.7. The van der Waals surface area contributed by atoms with Gasteiger partial charge >= 0.3 is 184 Å². The van der Waals surface area contributed by atoms with Gasteiger partial charge in [0.05, 0.1) is 0 Å². The molecule has 6 heteroatoms. The van der Waals surface area contributed by atoms with Crippen molar-refractivity contribution in [3.63, 3.8) is 0 Å². The minimum atomic E-state index is -2.22. The Balaban J connectivity index is 5.04. The molecule has 0 aromatic heterocycles. The Morgan fingerprint density at radius 2 is 1.31 bits per heavy atom. The van der Waals surface area contributed by atoms with Crippen LogP contribution in [0.4, 0.5) is 4.79 Å². The molecule has 0 saturated carbocycles. The molecule has 0 bridgehead atoms. The average molecular weight is 520 g/mol. The van der Waals surface area contributed by atoms with Crippen molar-refractivity contribution in [1.29, 1.82) is 0 Å². The van der Waals surface area contributed by atoms with Crippen molar-refractivity contribution in [3.05, 3.63) is 0 Å². The van der Waals surface area contributed by atoms with Crippen LogP contribution in [-0.4, -0.2) is 49.2 Å². The zero-order valence-corrected chi connectivity index (χ0v) is 23.0. The van der Waals surface area contributed by atoms with Crippen LogP contribution >= 0.6 is 0 Å². The van der Waals surface area contributed by atoms with Crippen LogP contribution in [0.15, 0.2) is 0 Å². The number of hydrogen-bond donors (Lipinski definition) is 1. The zero-order valence-electron chi connectivity index (χ0n) is 20.2. The molecule has 0 aliphatic carbocycles. The molecule has 0 aliphatic rings. The summed E-state index contributed by atoms with van der Waals surface area (Å²) in [6.45, 7) is 12.3. The molecular formula is C23H47NO4Sn. The number of alkyl carbamates (subject to hydrolysis) is 1. The molecule has 29 heavy (non-hydrogen) atoms. The summed E-state index contributed by atoms with van der Waals surface area (Å²) in [7, 11) is 1.37. The summed E-state index contributed by atoms with van der Waals surface area (Å²) < 4.78 is 16.0. The van der Waals surface area contributed by atoms with Gasteiger partial charge in [0.2, 0.25) is 0 Å². The molecule has 0 fully saturated rings. The van der Waals surface area contributed by atoms with E-state index >= 15 is 0 Å². The Morgan fingerprint density at radius 1 is 0.862 bits per heavy atom. The van der Waals surface area contributed by atoms with Crippen LogP contribution in [0.1, 0.15) is 92.9 Å². The van der Waals surface area contributed by atoms with Crippen LogP contribution in [-0.2, 0) is 14.3 Å². The van der Waals surface area contributed by atoms with Gasteiger partial charge in [-0.05, 0) is 0 Å². The van der Waals surface area contributed by atoms with Gasteiger partial charge in [-0.1, -0.05) is 0 Å². The van der Waals surface area contributed by atoms with Gasteiger partial charge in [-0.3, -0.25) is 0 Å². The Kier molecular flexibility index (Phi) is 15.1. The minimum absolute atomic E-state index is 0.382. The summed E-state index contributed by atoms with van der Waals surface area (Å²) in [4.78, 5) is 24.4. The standard InChI is InChI=1S/C11H20NO4.3C4H9.Sn/c1-6-7-8(9(13)15-5)12-10(14)16-11(2,3)4;3*1-3-4-2;/h8H,1,6-7H2,2-5H3,(H,12,14);3*1,3-4H2,2H3;. The number of esters is 1. The van der Waals surface area contributed by atoms with Gasteiger partial charge in [-0.2, -0.15) is 0 Å². The number of nitrogens with one attached hydrogen (secondary N) is 1. The van der Waals surface area contributed by atoms with Crippen LogP contribution in [0.25, 0.3) is 0 Å². The first kappa shape index (κ1) is 28.5. The second-order valence-corrected chi connectivity index (χ2v) is 23.7. The second-order valence-electron chi connectivity index (χ2n) is 9.42. The van der Waals surface area contributed by atoms with Crippen LogP contribution < -0.4 is 5.32 Å². The van der Waals surface area contributed by atoms with Gasteiger partial charge in [-0.25, -0.2) is 0 Å². The fourth-order valence-corrected chi connectivity index (χ4v) is 20.4. The molecule has 0 rings (SSSR count). The van der Waals surface area contributed by atoms with E-state index in [1.54, 1.807) is 0 Å². The predicted molar refractivity (Wildman–Crippen MR) is 124 cm³/mol. The van der Waals surface area contributed by atoms with Crippen molar-refractivity contribution in [1.82, 2.24) is 5.32 Å². The average Bonchev–Trinajstić information content (AvgIpc) is 2.65. The number of carbonyl (C=O) groups is 2. The van der Waals surface area contributed by atoms with Crippen molar-refractivity contribution in [2.45, 2.75) is 122 Å². The van der Waals surface area contributed by atoms with E-state index in [0.29, 0.717) is 6.42 Å². The summed E-state index contributed by atoms with van der Waals surface area (Å²) in [5, 5.41) is 2.73. The first-order valence-corrected chi connectivity index (χ1v) is 19.8. The number of carbonyl (C=O) groups excluding carboxylic acids is 2. The van der Waals surface area contributed by atoms with Crippen molar-refractivity contribution in [3.8, 4) is 0 Å². The van der Waals surface area contributed by atoms with E-state index in [-0.39, 0.29) is 5.97 Å². The van der Waals surface area contributed by atoms with Crippen LogP contribution in [0.2, 0.25) is 17.7 Å². The number of methoxy groups -OCH3 is 1. The summed E-state index contributed by atoms with van der Waals surface area (Å²) in [6.07, 6.45) is 8.91. The molecule has 172 valence electrons. The van der Waals surface area contributed by atoms with Crippen LogP contribution in [0.3, 0.4) is 0 Å². The van der Waals surface area contributed by atoms with E-state index in [0.717, 1.165) is 6.42 Å². The van der Waals surface area contributed by atoms with Gasteiger partial charge in [-0.15, -0.1) is 0 Å². The normalized spacial score (nSPS) is 13.1. The maximum atomic E-state index is 12.2. The predicted octanol–water partition coefficient (Wildman–Crippen LogP) is 6.68. The molecule has 1 amide bonds. The first-order chi connectivity index (χ1) is 13.6. The molecule has 0 radical (unpaired) electrons. The molecule has 0 heterocycles. The number of rotatable bonds is 15. The third-order valence-corrected chi connectivity index (χ3v) is 21.7. The van der Waals surface area contributed by atoms with E-state index < -0.39 is 36.1 Å². The Labute approximate surface area is 183 Å². The van der Waals surface area contributed by atoms with Gasteiger partial charge in [0, 0.05) is 0 Å². The van der Waals surface area contributed by atoms with E-state index in [1.165, 1.54) is 63.4 Å². The number of unbranched alkanes of at least 4 members (excludes halogenated alkanes) is 3. The quantitative estimate of drug-likeness (QED) is 0.193. The number of hydrogen-bond acceptors (Lipinski definition) is 4. The zero-order chi connectivity index (χ0) is 22.3. The Morgan fingerprint density at radius 3 is 1.69 bits per heavy atom. The van der Waals surface area contributed by atoms with Gasteiger partial charge < -0.3 is 0 Å². The van der Waals surface area contributed by atoms with E-state index in [9.17, 15) is 9.59 Å². The number of ether oxygens (including phenoxy) is 2. The molecule has 1 unspecified atom stereocenters. The summed E-state index contributed by atoms with van der Waals surface area (Å²) >= 11 is -2.22. The third-order valence-electron chi connectivity index (χ3n) is 5.56. The van der Waals surface area contributed by atoms with Crippen LogP contribution in [0.5, 0.6) is 0 Å². The van der Waals surface area contributed by atoms with E-state index in [2.05, 4.69) is 26.1 Å². The molecule has 0 aromatic carbocycles. The van der Waals surface area contributed by atoms with Crippen LogP contribution in [0, 0.1) is 0 Å². The summed E-state index contributed by atoms with van der Waals surface area (Å²) in [5.41, 5.74) is -0.586. The fourth-order valence-electron chi connectivity index (χ4n) is 3.93. The Hall–Kier alpha value is -0.461. The molecule has 0 aliphatic heterocycles. The molecule has 1 N–H and O–H groups in total. The van der Waals surface area contributed by atoms with Crippen molar-refractivity contribution in [2.75, 3.05) is 7.11 Å². The number of amides is 1. The molecule has 0 aromatic rings. The molecule has 0 spiro atoms. The van der Waals surface area contributed by atoms with E-state index in [1.807, 2.05) is 20.8 Å². The van der Waals surface area contributed by atoms with Crippen molar-refractivity contribution in [2.24, 2.45) is 0 Å². The molecule has 5 nitrogen and oxygen atoms in total. The summed E-state index contributed by atoms with van der Waals surface area (Å²) in [5.74, 6) is -0.382. The fraction of sp³-hybridized carbons (Fsp3) is 0.913. The maximum absolute atomic E-state index is 12.2. The van der Waals surface area contributed by atoms with Gasteiger partial charge in [0.25, 0.3) is 0 Å². The second kappa shape index (κ2) is 15.4. The van der Waals surface area contributed by atoms with Gasteiger partial charge in [0.15, 0.2) is 0 Å². The van der Waals surface area contributed by atoms with Gasteiger partial charge in [0.1, 0.15) is 0 Å². The SMILES string of the molecule is CCC[CH2][Sn]([CH2]CCC)([CH2]CCC)[CH2]CCC(NC(=O)OC(C)(C)C)C(=O)OC. The Bertz CT molecular complexity index is 441. The van der Waals surface area contributed by atoms with E-state index in [4.69, 9.17) is 9.47 Å². The molecule has 1 atom stereocenters. The summed E-state index contributed by atoms with van der Waals surface area (Å²) in [6, 6.07) is -0.623. The van der Waals surface area contributed by atoms with Crippen molar-refractivity contribution < 1.29 is 19.1 Å².